The van der Waals surface area contributed by atoms with E-state index in [0.717, 1.165) is 36.6 Å². The molecule has 0 N–H and O–H groups in total. The first-order valence-corrected chi connectivity index (χ1v) is 8.09. The Hall–Kier alpha value is -1.47. The van der Waals surface area contributed by atoms with Crippen LogP contribution in [-0.2, 0) is 12.8 Å². The lowest BCUT2D eigenvalue weighted by Gasteiger charge is -2.40. The molecule has 0 saturated heterocycles. The van der Waals surface area contributed by atoms with E-state index >= 15 is 0 Å². The molecule has 2 aliphatic heterocycles. The second kappa shape index (κ2) is 5.81. The predicted octanol–water partition coefficient (Wildman–Crippen LogP) is 3.79. The number of benzene rings is 2. The van der Waals surface area contributed by atoms with Crippen LogP contribution in [0.2, 0.25) is 0 Å². The number of hydrogen-bond donors (Lipinski definition) is 0. The first-order chi connectivity index (χ1) is 11.3. The van der Waals surface area contributed by atoms with Crippen LogP contribution in [0.1, 0.15) is 22.7 Å². The van der Waals surface area contributed by atoms with Crippen LogP contribution in [0.25, 0.3) is 11.1 Å². The standard InChI is InChI=1S/C19H19NO3.HI/c1-20-6-5-12-8-16-19(23-10-22-16)18-14-9-13(21-2)4-3-11(14)7-15(20)17(12)18;/h3-4,8-9,15H,5-7,10H2,1-2H3;1H/t15-;/m1./s1. The second-order valence-electron chi connectivity index (χ2n) is 6.53. The molecule has 0 radical (unpaired) electrons. The van der Waals surface area contributed by atoms with Crippen molar-refractivity contribution in [1.82, 2.24) is 4.90 Å². The summed E-state index contributed by atoms with van der Waals surface area (Å²) < 4.78 is 17.0. The molecule has 1 aliphatic carbocycles. The van der Waals surface area contributed by atoms with Gasteiger partial charge in [0, 0.05) is 18.2 Å². The largest absolute Gasteiger partial charge is 0.497 e. The van der Waals surface area contributed by atoms with Gasteiger partial charge >= 0.3 is 0 Å². The molecule has 0 fully saturated rings. The Bertz CT molecular complexity index is 821. The Labute approximate surface area is 158 Å². The van der Waals surface area contributed by atoms with Crippen LogP contribution in [0.5, 0.6) is 17.2 Å². The summed E-state index contributed by atoms with van der Waals surface area (Å²) in [6.45, 7) is 1.40. The lowest BCUT2D eigenvalue weighted by atomic mass is 9.76. The number of fused-ring (bicyclic) bond motifs is 4. The summed E-state index contributed by atoms with van der Waals surface area (Å²) in [5.41, 5.74) is 6.62. The molecule has 0 amide bonds. The Morgan fingerprint density at radius 2 is 2.04 bits per heavy atom. The number of halogens is 1. The van der Waals surface area contributed by atoms with E-state index in [4.69, 9.17) is 14.2 Å². The van der Waals surface area contributed by atoms with Crippen LogP contribution in [0.3, 0.4) is 0 Å². The fourth-order valence-corrected chi connectivity index (χ4v) is 4.20. The quantitative estimate of drug-likeness (QED) is 0.636. The minimum absolute atomic E-state index is 0. The van der Waals surface area contributed by atoms with Gasteiger partial charge in [-0.05, 0) is 60.3 Å². The normalized spacial score (nSPS) is 20.0. The van der Waals surface area contributed by atoms with E-state index in [2.05, 4.69) is 30.1 Å². The highest BCUT2D eigenvalue weighted by Crippen LogP contribution is 2.54. The summed E-state index contributed by atoms with van der Waals surface area (Å²) in [4.78, 5) is 2.46. The number of rotatable bonds is 1. The number of likely N-dealkylation sites (N-methyl/N-ethyl adjacent to an activating group) is 1. The van der Waals surface area contributed by atoms with E-state index in [-0.39, 0.29) is 24.0 Å². The van der Waals surface area contributed by atoms with Crippen molar-refractivity contribution in [3.8, 4) is 28.4 Å². The second-order valence-corrected chi connectivity index (χ2v) is 6.53. The number of nitrogens with zero attached hydrogens (tertiary/aromatic N) is 1. The number of hydrogen-bond acceptors (Lipinski definition) is 4. The lowest BCUT2D eigenvalue weighted by Crippen LogP contribution is -2.35. The molecule has 24 heavy (non-hydrogen) atoms. The maximum Gasteiger partial charge on any atom is 0.231 e. The Morgan fingerprint density at radius 1 is 1.17 bits per heavy atom. The molecule has 1 atom stereocenters. The van der Waals surface area contributed by atoms with Gasteiger partial charge in [-0.3, -0.25) is 4.90 Å². The third kappa shape index (κ3) is 2.14. The summed E-state index contributed by atoms with van der Waals surface area (Å²) in [6, 6.07) is 8.98. The van der Waals surface area contributed by atoms with E-state index in [0.29, 0.717) is 12.8 Å². The van der Waals surface area contributed by atoms with Crippen molar-refractivity contribution in [3.63, 3.8) is 0 Å². The lowest BCUT2D eigenvalue weighted by molar-refractivity contribution is 0.174. The summed E-state index contributed by atoms with van der Waals surface area (Å²) >= 11 is 0. The van der Waals surface area contributed by atoms with Gasteiger partial charge in [-0.1, -0.05) is 6.07 Å². The van der Waals surface area contributed by atoms with E-state index < -0.39 is 0 Å². The zero-order valence-corrected chi connectivity index (χ0v) is 16.1. The van der Waals surface area contributed by atoms with Gasteiger partial charge in [0.05, 0.1) is 7.11 Å². The Balaban J connectivity index is 0.00000146. The van der Waals surface area contributed by atoms with Gasteiger partial charge in [0.15, 0.2) is 11.5 Å². The Kier molecular flexibility index (Phi) is 3.88. The van der Waals surface area contributed by atoms with Gasteiger partial charge in [-0.15, -0.1) is 24.0 Å². The molecule has 126 valence electrons. The maximum atomic E-state index is 5.85. The van der Waals surface area contributed by atoms with Crippen molar-refractivity contribution in [2.75, 3.05) is 27.5 Å². The van der Waals surface area contributed by atoms with Crippen LogP contribution in [-0.4, -0.2) is 32.4 Å². The van der Waals surface area contributed by atoms with Crippen molar-refractivity contribution in [2.45, 2.75) is 18.9 Å². The average Bonchev–Trinajstić information content (AvgIpc) is 3.05. The van der Waals surface area contributed by atoms with Crippen molar-refractivity contribution >= 4 is 24.0 Å². The number of ether oxygens (including phenoxy) is 3. The van der Waals surface area contributed by atoms with Gasteiger partial charge in [-0.2, -0.15) is 0 Å². The molecule has 5 rings (SSSR count). The first-order valence-electron chi connectivity index (χ1n) is 8.09. The fourth-order valence-electron chi connectivity index (χ4n) is 4.20. The summed E-state index contributed by atoms with van der Waals surface area (Å²) in [5.74, 6) is 2.67. The Morgan fingerprint density at radius 3 is 2.88 bits per heavy atom. The summed E-state index contributed by atoms with van der Waals surface area (Å²) in [5, 5.41) is 0. The van der Waals surface area contributed by atoms with Gasteiger partial charge < -0.3 is 14.2 Å². The minimum atomic E-state index is 0. The third-order valence-electron chi connectivity index (χ3n) is 5.39. The van der Waals surface area contributed by atoms with Crippen LogP contribution < -0.4 is 14.2 Å². The third-order valence-corrected chi connectivity index (χ3v) is 5.39. The molecule has 2 heterocycles. The predicted molar refractivity (Wildman–Crippen MR) is 103 cm³/mol. The smallest absolute Gasteiger partial charge is 0.231 e. The van der Waals surface area contributed by atoms with E-state index in [9.17, 15) is 0 Å². The van der Waals surface area contributed by atoms with Crippen molar-refractivity contribution in [2.24, 2.45) is 0 Å². The fraction of sp³-hybridized carbons (Fsp3) is 0.368. The SMILES string of the molecule is COc1ccc2c(c1)-c1c3c(cc4c1[C@@H](C2)N(C)CC4)OCO3.I. The molecule has 5 heteroatoms. The highest BCUT2D eigenvalue weighted by molar-refractivity contribution is 14.0. The highest BCUT2D eigenvalue weighted by Gasteiger charge is 2.37. The van der Waals surface area contributed by atoms with Crippen LogP contribution in [0, 0.1) is 0 Å². The zero-order chi connectivity index (χ0) is 15.6. The minimum Gasteiger partial charge on any atom is -0.497 e. The van der Waals surface area contributed by atoms with Gasteiger partial charge in [0.2, 0.25) is 6.79 Å². The van der Waals surface area contributed by atoms with Crippen molar-refractivity contribution in [3.05, 3.63) is 41.0 Å². The molecule has 0 spiro atoms. The van der Waals surface area contributed by atoms with E-state index in [1.165, 1.54) is 27.8 Å². The average molecular weight is 437 g/mol. The van der Waals surface area contributed by atoms with Crippen molar-refractivity contribution < 1.29 is 14.2 Å². The molecule has 0 unspecified atom stereocenters. The molecule has 4 nitrogen and oxygen atoms in total. The van der Waals surface area contributed by atoms with Crippen LogP contribution in [0.15, 0.2) is 24.3 Å². The molecule has 3 aliphatic rings. The van der Waals surface area contributed by atoms with Crippen molar-refractivity contribution in [1.29, 1.82) is 0 Å². The van der Waals surface area contributed by atoms with E-state index in [1.807, 2.05) is 6.07 Å². The summed E-state index contributed by atoms with van der Waals surface area (Å²) in [6.07, 6.45) is 2.10. The summed E-state index contributed by atoms with van der Waals surface area (Å²) in [7, 11) is 3.93. The zero-order valence-electron chi connectivity index (χ0n) is 13.8. The molecule has 2 aromatic carbocycles. The van der Waals surface area contributed by atoms with Gasteiger partial charge in [0.1, 0.15) is 5.75 Å². The molecule has 0 aromatic heterocycles. The van der Waals surface area contributed by atoms with Gasteiger partial charge in [0.25, 0.3) is 0 Å². The maximum absolute atomic E-state index is 5.85. The molecule has 0 bridgehead atoms. The van der Waals surface area contributed by atoms with E-state index in [1.54, 1.807) is 7.11 Å². The van der Waals surface area contributed by atoms with Crippen LogP contribution in [0.4, 0.5) is 0 Å². The number of methoxy groups -OCH3 is 1. The topological polar surface area (TPSA) is 30.9 Å². The molecular formula is C19H20INO3. The highest BCUT2D eigenvalue weighted by atomic mass is 127. The molecular weight excluding hydrogens is 417 g/mol. The van der Waals surface area contributed by atoms with Gasteiger partial charge in [-0.25, -0.2) is 0 Å². The monoisotopic (exact) mass is 437 g/mol. The van der Waals surface area contributed by atoms with Crippen LogP contribution >= 0.6 is 24.0 Å². The first kappa shape index (κ1) is 16.0. The molecule has 0 saturated carbocycles. The molecule has 2 aromatic rings.